The number of aliphatic hydroxyl groups excluding tert-OH is 1. The SMILES string of the molecule is COC(=O)c1ccc2c(C3CCCCC3O)c[nH]c2c1. The Morgan fingerprint density at radius 3 is 2.90 bits per heavy atom. The fourth-order valence-electron chi connectivity index (χ4n) is 3.17. The predicted molar refractivity (Wildman–Crippen MR) is 76.9 cm³/mol. The molecule has 1 fully saturated rings. The van der Waals surface area contributed by atoms with Crippen LogP contribution in [0.4, 0.5) is 0 Å². The Morgan fingerprint density at radius 2 is 2.15 bits per heavy atom. The molecule has 20 heavy (non-hydrogen) atoms. The Hall–Kier alpha value is -1.81. The van der Waals surface area contributed by atoms with Crippen molar-refractivity contribution < 1.29 is 14.6 Å². The Balaban J connectivity index is 1.99. The van der Waals surface area contributed by atoms with Gasteiger partial charge in [-0.05, 0) is 30.5 Å². The summed E-state index contributed by atoms with van der Waals surface area (Å²) < 4.78 is 4.73. The van der Waals surface area contributed by atoms with Crippen LogP contribution in [0.5, 0.6) is 0 Å². The van der Waals surface area contributed by atoms with Crippen molar-refractivity contribution in [3.63, 3.8) is 0 Å². The van der Waals surface area contributed by atoms with E-state index in [0.717, 1.165) is 42.1 Å². The number of hydrogen-bond donors (Lipinski definition) is 2. The molecule has 1 aromatic heterocycles. The molecule has 2 unspecified atom stereocenters. The standard InChI is InChI=1S/C16H19NO3/c1-20-16(19)10-6-7-11-13(9-17-14(11)8-10)12-4-2-3-5-15(12)18/h6-9,12,15,17-18H,2-5H2,1H3. The number of carbonyl (C=O) groups excluding carboxylic acids is 1. The number of aliphatic hydroxyl groups is 1. The number of fused-ring (bicyclic) bond motifs is 1. The number of aromatic nitrogens is 1. The summed E-state index contributed by atoms with van der Waals surface area (Å²) in [6.07, 6.45) is 5.86. The van der Waals surface area contributed by atoms with E-state index in [1.807, 2.05) is 12.3 Å². The van der Waals surface area contributed by atoms with E-state index in [9.17, 15) is 9.90 Å². The fraction of sp³-hybridized carbons (Fsp3) is 0.438. The number of rotatable bonds is 2. The molecule has 0 aliphatic heterocycles. The normalized spacial score (nSPS) is 22.9. The van der Waals surface area contributed by atoms with Crippen LogP contribution >= 0.6 is 0 Å². The zero-order valence-corrected chi connectivity index (χ0v) is 11.6. The van der Waals surface area contributed by atoms with Crippen molar-refractivity contribution in [2.45, 2.75) is 37.7 Å². The van der Waals surface area contributed by atoms with E-state index in [2.05, 4.69) is 4.98 Å². The lowest BCUT2D eigenvalue weighted by molar-refractivity contribution is 0.0601. The lowest BCUT2D eigenvalue weighted by Crippen LogP contribution is -2.22. The van der Waals surface area contributed by atoms with Gasteiger partial charge in [0.15, 0.2) is 0 Å². The molecule has 0 radical (unpaired) electrons. The largest absolute Gasteiger partial charge is 0.465 e. The molecule has 0 amide bonds. The summed E-state index contributed by atoms with van der Waals surface area (Å²) in [5.74, 6) is -0.137. The van der Waals surface area contributed by atoms with E-state index in [1.165, 1.54) is 7.11 Å². The van der Waals surface area contributed by atoms with E-state index in [0.29, 0.717) is 5.56 Å². The molecule has 0 bridgehead atoms. The summed E-state index contributed by atoms with van der Waals surface area (Å²) in [6.45, 7) is 0. The van der Waals surface area contributed by atoms with Crippen LogP contribution in [0.3, 0.4) is 0 Å². The highest BCUT2D eigenvalue weighted by atomic mass is 16.5. The molecule has 4 nitrogen and oxygen atoms in total. The number of nitrogens with one attached hydrogen (secondary N) is 1. The molecule has 4 heteroatoms. The molecule has 1 heterocycles. The van der Waals surface area contributed by atoms with E-state index < -0.39 is 0 Å². The number of H-pyrrole nitrogens is 1. The highest BCUT2D eigenvalue weighted by molar-refractivity contribution is 5.95. The lowest BCUT2D eigenvalue weighted by atomic mass is 9.81. The molecular weight excluding hydrogens is 254 g/mol. The molecule has 1 saturated carbocycles. The van der Waals surface area contributed by atoms with Crippen molar-refractivity contribution in [1.29, 1.82) is 0 Å². The summed E-state index contributed by atoms with van der Waals surface area (Å²) in [7, 11) is 1.38. The third-order valence-electron chi connectivity index (χ3n) is 4.26. The van der Waals surface area contributed by atoms with Crippen LogP contribution in [0.25, 0.3) is 10.9 Å². The first-order valence-corrected chi connectivity index (χ1v) is 7.08. The zero-order valence-electron chi connectivity index (χ0n) is 11.6. The van der Waals surface area contributed by atoms with E-state index in [4.69, 9.17) is 4.74 Å². The maximum absolute atomic E-state index is 11.5. The Morgan fingerprint density at radius 1 is 1.35 bits per heavy atom. The summed E-state index contributed by atoms with van der Waals surface area (Å²) in [6, 6.07) is 5.52. The van der Waals surface area contributed by atoms with Gasteiger partial charge in [0.2, 0.25) is 0 Å². The van der Waals surface area contributed by atoms with Crippen molar-refractivity contribution in [3.8, 4) is 0 Å². The minimum Gasteiger partial charge on any atom is -0.465 e. The van der Waals surface area contributed by atoms with Crippen molar-refractivity contribution in [2.24, 2.45) is 0 Å². The third-order valence-corrected chi connectivity index (χ3v) is 4.26. The van der Waals surface area contributed by atoms with Gasteiger partial charge in [-0.25, -0.2) is 4.79 Å². The van der Waals surface area contributed by atoms with Crippen molar-refractivity contribution >= 4 is 16.9 Å². The van der Waals surface area contributed by atoms with Gasteiger partial charge in [-0.15, -0.1) is 0 Å². The average Bonchev–Trinajstić information content (AvgIpc) is 2.90. The number of esters is 1. The van der Waals surface area contributed by atoms with Gasteiger partial charge in [0.05, 0.1) is 18.8 Å². The number of benzene rings is 1. The smallest absolute Gasteiger partial charge is 0.337 e. The molecule has 0 saturated heterocycles. The molecule has 2 atom stereocenters. The van der Waals surface area contributed by atoms with Crippen molar-refractivity contribution in [2.75, 3.05) is 7.11 Å². The molecule has 1 aromatic carbocycles. The fourth-order valence-corrected chi connectivity index (χ4v) is 3.17. The zero-order chi connectivity index (χ0) is 14.1. The highest BCUT2D eigenvalue weighted by Gasteiger charge is 2.26. The molecule has 2 N–H and O–H groups in total. The van der Waals surface area contributed by atoms with Crippen molar-refractivity contribution in [1.82, 2.24) is 4.98 Å². The van der Waals surface area contributed by atoms with Gasteiger partial charge in [0.25, 0.3) is 0 Å². The molecule has 1 aliphatic rings. The second-order valence-corrected chi connectivity index (χ2v) is 5.45. The summed E-state index contributed by atoms with van der Waals surface area (Å²) in [4.78, 5) is 14.7. The first kappa shape index (κ1) is 13.2. The minimum absolute atomic E-state index is 0.196. The van der Waals surface area contributed by atoms with Gasteiger partial charge in [0.1, 0.15) is 0 Å². The maximum Gasteiger partial charge on any atom is 0.337 e. The van der Waals surface area contributed by atoms with Crippen LogP contribution < -0.4 is 0 Å². The van der Waals surface area contributed by atoms with E-state index >= 15 is 0 Å². The maximum atomic E-state index is 11.5. The summed E-state index contributed by atoms with van der Waals surface area (Å²) in [5, 5.41) is 11.3. The topological polar surface area (TPSA) is 62.3 Å². The Bertz CT molecular complexity index is 632. The Kier molecular flexibility index (Phi) is 3.49. The molecule has 1 aliphatic carbocycles. The second-order valence-electron chi connectivity index (χ2n) is 5.45. The second kappa shape index (κ2) is 5.29. The molecular formula is C16H19NO3. The van der Waals surface area contributed by atoms with Gasteiger partial charge < -0.3 is 14.8 Å². The van der Waals surface area contributed by atoms with Crippen LogP contribution in [-0.4, -0.2) is 29.3 Å². The monoisotopic (exact) mass is 273 g/mol. The van der Waals surface area contributed by atoms with Crippen LogP contribution in [0.2, 0.25) is 0 Å². The molecule has 2 aromatic rings. The predicted octanol–water partition coefficient (Wildman–Crippen LogP) is 2.97. The third kappa shape index (κ3) is 2.20. The van der Waals surface area contributed by atoms with Crippen LogP contribution in [0.15, 0.2) is 24.4 Å². The van der Waals surface area contributed by atoms with Gasteiger partial charge in [0, 0.05) is 23.0 Å². The number of methoxy groups -OCH3 is 1. The number of hydrogen-bond acceptors (Lipinski definition) is 3. The minimum atomic E-state index is -0.333. The van der Waals surface area contributed by atoms with Crippen LogP contribution in [0, 0.1) is 0 Å². The first-order chi connectivity index (χ1) is 9.70. The molecule has 106 valence electrons. The van der Waals surface area contributed by atoms with E-state index in [1.54, 1.807) is 12.1 Å². The van der Waals surface area contributed by atoms with Crippen molar-refractivity contribution in [3.05, 3.63) is 35.5 Å². The molecule has 0 spiro atoms. The summed E-state index contributed by atoms with van der Waals surface area (Å²) in [5.41, 5.74) is 2.61. The van der Waals surface area contributed by atoms with Gasteiger partial charge in [-0.3, -0.25) is 0 Å². The van der Waals surface area contributed by atoms with Gasteiger partial charge in [-0.2, -0.15) is 0 Å². The number of aromatic amines is 1. The van der Waals surface area contributed by atoms with E-state index in [-0.39, 0.29) is 18.0 Å². The molecule has 3 rings (SSSR count). The van der Waals surface area contributed by atoms with Gasteiger partial charge >= 0.3 is 5.97 Å². The van der Waals surface area contributed by atoms with Gasteiger partial charge in [-0.1, -0.05) is 18.9 Å². The van der Waals surface area contributed by atoms with Crippen LogP contribution in [-0.2, 0) is 4.74 Å². The average molecular weight is 273 g/mol. The number of carbonyl (C=O) groups is 1. The summed E-state index contributed by atoms with van der Waals surface area (Å²) >= 11 is 0. The Labute approximate surface area is 117 Å². The number of ether oxygens (including phenoxy) is 1. The lowest BCUT2D eigenvalue weighted by Gasteiger charge is -2.27. The quantitative estimate of drug-likeness (QED) is 0.827. The first-order valence-electron chi connectivity index (χ1n) is 7.08. The van der Waals surface area contributed by atoms with Crippen LogP contribution in [0.1, 0.15) is 47.5 Å². The highest BCUT2D eigenvalue weighted by Crippen LogP contribution is 2.36.